The molecule has 0 saturated heterocycles. The average molecular weight is 296 g/mol. The maximum atomic E-state index is 12.9. The number of hydrogen-bond acceptors (Lipinski definition) is 2. The molecule has 2 N–H and O–H groups in total. The zero-order valence-electron chi connectivity index (χ0n) is 10.7. The summed E-state index contributed by atoms with van der Waals surface area (Å²) in [7, 11) is 0. The van der Waals surface area contributed by atoms with E-state index in [0.717, 1.165) is 12.1 Å². The van der Waals surface area contributed by atoms with Gasteiger partial charge in [-0.3, -0.25) is 4.79 Å². The second-order valence-electron chi connectivity index (χ2n) is 4.46. The molecule has 0 spiro atoms. The van der Waals surface area contributed by atoms with E-state index < -0.39 is 24.1 Å². The summed E-state index contributed by atoms with van der Waals surface area (Å²) >= 11 is 0. The van der Waals surface area contributed by atoms with E-state index in [-0.39, 0.29) is 22.4 Å². The molecule has 0 heterocycles. The minimum absolute atomic E-state index is 0.0674. The molecule has 0 amide bonds. The standard InChI is InChI=1S/C15H11F3O3/c16-15(17,18)12-4-2-1-3-11(12)9-5-6-10(8-14(20)21)13(19)7-9/h1-7,19H,8H2,(H,20,21). The molecular formula is C15H11F3O3. The van der Waals surface area contributed by atoms with Gasteiger partial charge in [0.1, 0.15) is 5.75 Å². The molecule has 0 aliphatic carbocycles. The van der Waals surface area contributed by atoms with Crippen LogP contribution in [0.2, 0.25) is 0 Å². The fourth-order valence-corrected chi connectivity index (χ4v) is 2.03. The van der Waals surface area contributed by atoms with Crippen molar-refractivity contribution in [3.8, 4) is 16.9 Å². The SMILES string of the molecule is O=C(O)Cc1ccc(-c2ccccc2C(F)(F)F)cc1O. The third kappa shape index (κ3) is 3.34. The van der Waals surface area contributed by atoms with Crippen molar-refractivity contribution in [3.63, 3.8) is 0 Å². The van der Waals surface area contributed by atoms with Crippen LogP contribution in [0.3, 0.4) is 0 Å². The van der Waals surface area contributed by atoms with E-state index in [4.69, 9.17) is 5.11 Å². The van der Waals surface area contributed by atoms with Gasteiger partial charge in [-0.2, -0.15) is 13.2 Å². The summed E-state index contributed by atoms with van der Waals surface area (Å²) in [5.74, 6) is -1.47. The van der Waals surface area contributed by atoms with Crippen LogP contribution in [-0.2, 0) is 17.4 Å². The van der Waals surface area contributed by atoms with E-state index in [1.807, 2.05) is 0 Å². The predicted molar refractivity (Wildman–Crippen MR) is 69.9 cm³/mol. The fraction of sp³-hybridized carbons (Fsp3) is 0.133. The molecule has 0 aromatic heterocycles. The maximum absolute atomic E-state index is 12.9. The number of phenolic OH excluding ortho intramolecular Hbond substituents is 1. The second kappa shape index (κ2) is 5.47. The Kier molecular flexibility index (Phi) is 3.88. The number of carboxylic acids is 1. The van der Waals surface area contributed by atoms with Crippen LogP contribution in [-0.4, -0.2) is 16.2 Å². The number of halogens is 3. The summed E-state index contributed by atoms with van der Waals surface area (Å²) in [4.78, 5) is 10.6. The van der Waals surface area contributed by atoms with E-state index in [1.54, 1.807) is 0 Å². The molecule has 0 aliphatic rings. The highest BCUT2D eigenvalue weighted by Gasteiger charge is 2.33. The largest absolute Gasteiger partial charge is 0.508 e. The molecule has 0 radical (unpaired) electrons. The van der Waals surface area contributed by atoms with Gasteiger partial charge in [-0.05, 0) is 23.3 Å². The van der Waals surface area contributed by atoms with Crippen LogP contribution in [0, 0.1) is 0 Å². The first-order chi connectivity index (χ1) is 9.79. The normalized spacial score (nSPS) is 11.4. The molecule has 0 bridgehead atoms. The number of benzene rings is 2. The molecule has 110 valence electrons. The lowest BCUT2D eigenvalue weighted by molar-refractivity contribution is -0.137. The summed E-state index contributed by atoms with van der Waals surface area (Å²) in [6.07, 6.45) is -4.90. The van der Waals surface area contributed by atoms with Crippen LogP contribution >= 0.6 is 0 Å². The van der Waals surface area contributed by atoms with Crippen molar-refractivity contribution in [2.75, 3.05) is 0 Å². The van der Waals surface area contributed by atoms with Crippen LogP contribution in [0.4, 0.5) is 13.2 Å². The number of carbonyl (C=O) groups is 1. The lowest BCUT2D eigenvalue weighted by Crippen LogP contribution is -2.07. The van der Waals surface area contributed by atoms with Gasteiger partial charge in [-0.25, -0.2) is 0 Å². The Balaban J connectivity index is 2.49. The van der Waals surface area contributed by atoms with E-state index in [9.17, 15) is 23.1 Å². The van der Waals surface area contributed by atoms with Crippen molar-refractivity contribution in [3.05, 3.63) is 53.6 Å². The number of alkyl halides is 3. The fourth-order valence-electron chi connectivity index (χ4n) is 2.03. The highest BCUT2D eigenvalue weighted by atomic mass is 19.4. The van der Waals surface area contributed by atoms with Crippen LogP contribution < -0.4 is 0 Å². The molecule has 0 atom stereocenters. The third-order valence-corrected chi connectivity index (χ3v) is 2.97. The summed E-state index contributed by atoms with van der Waals surface area (Å²) in [5, 5.41) is 18.4. The lowest BCUT2D eigenvalue weighted by atomic mass is 9.97. The molecule has 2 aromatic rings. The molecule has 0 aliphatic heterocycles. The third-order valence-electron chi connectivity index (χ3n) is 2.97. The minimum Gasteiger partial charge on any atom is -0.508 e. The first-order valence-corrected chi connectivity index (χ1v) is 5.99. The number of carboxylic acid groups (broad SMARTS) is 1. The van der Waals surface area contributed by atoms with Gasteiger partial charge in [0.05, 0.1) is 12.0 Å². The predicted octanol–water partition coefficient (Wildman–Crippen LogP) is 3.71. The molecule has 0 fully saturated rings. The molecule has 21 heavy (non-hydrogen) atoms. The first kappa shape index (κ1) is 14.9. The van der Waals surface area contributed by atoms with E-state index in [2.05, 4.69) is 0 Å². The summed E-state index contributed by atoms with van der Waals surface area (Å²) in [5.41, 5.74) is -0.553. The van der Waals surface area contributed by atoms with Crippen molar-refractivity contribution >= 4 is 5.97 Å². The van der Waals surface area contributed by atoms with Crippen molar-refractivity contribution in [2.45, 2.75) is 12.6 Å². The number of aliphatic carboxylic acids is 1. The zero-order valence-corrected chi connectivity index (χ0v) is 10.7. The van der Waals surface area contributed by atoms with Gasteiger partial charge < -0.3 is 10.2 Å². The number of hydrogen-bond donors (Lipinski definition) is 2. The van der Waals surface area contributed by atoms with Crippen molar-refractivity contribution in [1.82, 2.24) is 0 Å². The monoisotopic (exact) mass is 296 g/mol. The Bertz CT molecular complexity index is 678. The average Bonchev–Trinajstić information content (AvgIpc) is 2.40. The van der Waals surface area contributed by atoms with E-state index in [0.29, 0.717) is 0 Å². The minimum atomic E-state index is -4.51. The van der Waals surface area contributed by atoms with Crippen molar-refractivity contribution in [1.29, 1.82) is 0 Å². The van der Waals surface area contributed by atoms with Crippen LogP contribution in [0.1, 0.15) is 11.1 Å². The highest BCUT2D eigenvalue weighted by Crippen LogP contribution is 2.38. The van der Waals surface area contributed by atoms with Gasteiger partial charge in [0, 0.05) is 5.56 Å². The highest BCUT2D eigenvalue weighted by molar-refractivity contribution is 5.74. The van der Waals surface area contributed by atoms with Gasteiger partial charge in [0.25, 0.3) is 0 Å². The Morgan fingerprint density at radius 1 is 1.10 bits per heavy atom. The van der Waals surface area contributed by atoms with Crippen molar-refractivity contribution < 1.29 is 28.2 Å². The maximum Gasteiger partial charge on any atom is 0.417 e. The zero-order chi connectivity index (χ0) is 15.6. The Morgan fingerprint density at radius 3 is 2.33 bits per heavy atom. The number of phenols is 1. The van der Waals surface area contributed by atoms with Crippen LogP contribution in [0.5, 0.6) is 5.75 Å². The Hall–Kier alpha value is -2.50. The van der Waals surface area contributed by atoms with E-state index in [1.165, 1.54) is 30.3 Å². The summed E-state index contributed by atoms with van der Waals surface area (Å²) in [6, 6.07) is 8.82. The molecule has 3 nitrogen and oxygen atoms in total. The van der Waals surface area contributed by atoms with Gasteiger partial charge >= 0.3 is 12.1 Å². The molecule has 0 unspecified atom stereocenters. The van der Waals surface area contributed by atoms with Gasteiger partial charge in [0.2, 0.25) is 0 Å². The molecule has 0 saturated carbocycles. The summed E-state index contributed by atoms with van der Waals surface area (Å²) in [6.45, 7) is 0. The summed E-state index contributed by atoms with van der Waals surface area (Å²) < 4.78 is 38.8. The van der Waals surface area contributed by atoms with Crippen LogP contribution in [0.15, 0.2) is 42.5 Å². The molecule has 2 rings (SSSR count). The van der Waals surface area contributed by atoms with E-state index >= 15 is 0 Å². The Labute approximate surface area is 118 Å². The van der Waals surface area contributed by atoms with Gasteiger partial charge in [-0.15, -0.1) is 0 Å². The van der Waals surface area contributed by atoms with Crippen molar-refractivity contribution in [2.24, 2.45) is 0 Å². The molecule has 2 aromatic carbocycles. The molecule has 6 heteroatoms. The smallest absolute Gasteiger partial charge is 0.417 e. The number of rotatable bonds is 3. The Morgan fingerprint density at radius 2 is 1.76 bits per heavy atom. The lowest BCUT2D eigenvalue weighted by Gasteiger charge is -2.13. The molecular weight excluding hydrogens is 285 g/mol. The van der Waals surface area contributed by atoms with Crippen LogP contribution in [0.25, 0.3) is 11.1 Å². The van der Waals surface area contributed by atoms with Gasteiger partial charge in [-0.1, -0.05) is 30.3 Å². The topological polar surface area (TPSA) is 57.5 Å². The van der Waals surface area contributed by atoms with Gasteiger partial charge in [0.15, 0.2) is 0 Å². The number of aromatic hydroxyl groups is 1. The first-order valence-electron chi connectivity index (χ1n) is 5.99. The quantitative estimate of drug-likeness (QED) is 0.908. The second-order valence-corrected chi connectivity index (χ2v) is 4.46.